The van der Waals surface area contributed by atoms with Gasteiger partial charge in [-0.3, -0.25) is 24.0 Å². The highest BCUT2D eigenvalue weighted by Crippen LogP contribution is 2.31. The summed E-state index contributed by atoms with van der Waals surface area (Å²) in [6.07, 6.45) is 7.86. The van der Waals surface area contributed by atoms with E-state index in [4.69, 9.17) is 45.1 Å². The minimum Gasteiger partial charge on any atom is -0.507 e. The number of halogens is 4. The molecule has 0 atom stereocenters. The Labute approximate surface area is 497 Å². The molecule has 85 heavy (non-hydrogen) atoms. The van der Waals surface area contributed by atoms with Crippen molar-refractivity contribution in [3.8, 4) is 39.5 Å². The third-order valence-electron chi connectivity index (χ3n) is 11.3. The zero-order valence-electron chi connectivity index (χ0n) is 47.8. The number of aromatic nitrogens is 4. The van der Waals surface area contributed by atoms with E-state index in [-0.39, 0.29) is 127 Å². The zero-order valence-corrected chi connectivity index (χ0v) is 50.2. The molecule has 0 spiro atoms. The normalized spacial score (nSPS) is 11.1. The van der Waals surface area contributed by atoms with Crippen LogP contribution in [-0.2, 0) is 56.7 Å². The number of methoxy groups -OCH3 is 3. The second-order valence-electron chi connectivity index (χ2n) is 17.0. The first-order valence-corrected chi connectivity index (χ1v) is 26.3. The largest absolute Gasteiger partial charge is 0.507 e. The van der Waals surface area contributed by atoms with Crippen LogP contribution in [-0.4, -0.2) is 112 Å². The van der Waals surface area contributed by atoms with Gasteiger partial charge >= 0.3 is 29.8 Å². The number of carbonyl (C=O) groups is 6. The van der Waals surface area contributed by atoms with Crippen LogP contribution < -0.4 is 36.3 Å². The standard InChI is InChI=1S/C16H16FNO4.C13H9ClFNO3.C10H12BrNO4.C10H13NO4.C9H10O4/c1-4-22-16(20)12-9-18(2)15(19)13(14(12)21-3)10-5-7-11(17)8-6-10;1-16-6-9(13(18)19)11(17)10(12(16)14)7-2-4-8(15)5-3-7;1-4-16-10(14)6-5-12(2)9(13)7(11)8(6)15-3;1-4-15-10(13)7-6-11(2)9(12)5-8(7)14-3;1-2-13-9(12)7-4-3-6(10)5-8(7)11/h5-9H,4H2,1-3H3;2-6H,1H3,(H,18,19);5H,4H2,1-3H3;5-6H,4H2,1-3H3;4-5,11H,2-3H2,1H3. The number of aromatic carboxylic acids is 1. The fourth-order valence-corrected chi connectivity index (χ4v) is 8.16. The second kappa shape index (κ2) is 33.0. The van der Waals surface area contributed by atoms with Crippen molar-refractivity contribution in [2.24, 2.45) is 28.2 Å². The van der Waals surface area contributed by atoms with Gasteiger partial charge in [0.05, 0.1) is 64.5 Å². The number of rotatable bonds is 14. The Morgan fingerprint density at radius 1 is 0.576 bits per heavy atom. The van der Waals surface area contributed by atoms with E-state index in [1.807, 2.05) is 0 Å². The lowest BCUT2D eigenvalue weighted by Crippen LogP contribution is -2.22. The van der Waals surface area contributed by atoms with E-state index in [0.717, 1.165) is 12.3 Å². The Hall–Kier alpha value is -9.43. The second-order valence-corrected chi connectivity index (χ2v) is 18.2. The molecule has 0 aliphatic heterocycles. The van der Waals surface area contributed by atoms with Gasteiger partial charge in [0.1, 0.15) is 60.8 Å². The first-order valence-electron chi connectivity index (χ1n) is 25.1. The predicted molar refractivity (Wildman–Crippen MR) is 310 cm³/mol. The number of ether oxygens (including phenoxy) is 7. The van der Waals surface area contributed by atoms with Crippen molar-refractivity contribution in [3.63, 3.8) is 0 Å². The van der Waals surface area contributed by atoms with Crippen molar-refractivity contribution in [1.82, 2.24) is 18.3 Å². The highest BCUT2D eigenvalue weighted by atomic mass is 79.9. The van der Waals surface area contributed by atoms with Gasteiger partial charge in [-0.05, 0) is 79.0 Å². The van der Waals surface area contributed by atoms with Crippen LogP contribution in [0.15, 0.2) is 127 Å². The van der Waals surface area contributed by atoms with E-state index in [1.54, 1.807) is 41.8 Å². The molecule has 0 radical (unpaired) electrons. The summed E-state index contributed by atoms with van der Waals surface area (Å²) in [5.74, 6) is -4.37. The van der Waals surface area contributed by atoms with Crippen LogP contribution >= 0.6 is 27.5 Å². The van der Waals surface area contributed by atoms with Crippen LogP contribution in [0.2, 0.25) is 5.15 Å². The number of hydrogen-bond donors (Lipinski definition) is 2. The molecule has 0 fully saturated rings. The molecule has 4 heterocycles. The van der Waals surface area contributed by atoms with Crippen LogP contribution in [0, 0.1) is 11.6 Å². The molecule has 0 saturated carbocycles. The number of aryl methyl sites for hydroxylation is 4. The number of pyridine rings is 4. The van der Waals surface area contributed by atoms with Gasteiger partial charge in [0, 0.05) is 71.5 Å². The summed E-state index contributed by atoms with van der Waals surface area (Å²) in [6, 6.07) is 11.8. The van der Waals surface area contributed by atoms with Gasteiger partial charge in [-0.2, -0.15) is 0 Å². The van der Waals surface area contributed by atoms with Gasteiger partial charge in [0.15, 0.2) is 11.5 Å². The Kier molecular flexibility index (Phi) is 27.1. The molecule has 0 bridgehead atoms. The highest BCUT2D eigenvalue weighted by Gasteiger charge is 2.25. The number of carboxylic acid groups (broad SMARTS) is 1. The SMILES string of the molecule is CCOC(=O)C1=CCC(=O)C=C1O.CCOC(=O)c1cn(C)c(=O)c(-c2ccc(F)cc2)c1OC.CCOC(=O)c1cn(C)c(=O)c(Br)c1OC.CCOC(=O)c1cn(C)c(=O)cc1OC.Cn1cc(C(=O)O)c(=O)c(-c2ccc(F)cc2)c1Cl. The van der Waals surface area contributed by atoms with E-state index in [0.29, 0.717) is 11.1 Å². The first kappa shape index (κ1) is 69.8. The van der Waals surface area contributed by atoms with Crippen molar-refractivity contribution in [2.45, 2.75) is 34.1 Å². The highest BCUT2D eigenvalue weighted by molar-refractivity contribution is 9.10. The van der Waals surface area contributed by atoms with Crippen LogP contribution in [0.1, 0.15) is 75.5 Å². The number of aliphatic hydroxyl groups is 1. The monoisotopic (exact) mass is 1270 g/mol. The molecule has 7 rings (SSSR count). The molecule has 1 aliphatic rings. The molecular formula is C58H60BrClF2N4O19. The lowest BCUT2D eigenvalue weighted by molar-refractivity contribution is -0.138. The van der Waals surface area contributed by atoms with E-state index in [2.05, 4.69) is 20.7 Å². The van der Waals surface area contributed by atoms with Gasteiger partial charge in [-0.25, -0.2) is 32.8 Å². The molecule has 0 saturated heterocycles. The first-order chi connectivity index (χ1) is 40.2. The summed E-state index contributed by atoms with van der Waals surface area (Å²) in [4.78, 5) is 115. The van der Waals surface area contributed by atoms with Gasteiger partial charge in [0.2, 0.25) is 5.43 Å². The minimum absolute atomic E-state index is 0.0454. The Balaban J connectivity index is 0.000000282. The maximum Gasteiger partial charge on any atom is 0.343 e. The fourth-order valence-electron chi connectivity index (χ4n) is 7.26. The average molecular weight is 1270 g/mol. The van der Waals surface area contributed by atoms with Gasteiger partial charge < -0.3 is 61.6 Å². The number of carboxylic acids is 1. The summed E-state index contributed by atoms with van der Waals surface area (Å²) >= 11 is 9.12. The molecule has 6 aromatic rings. The molecule has 0 unspecified atom stereocenters. The number of allylic oxidation sites excluding steroid dienone is 2. The lowest BCUT2D eigenvalue weighted by Gasteiger charge is -2.14. The molecule has 1 aliphatic carbocycles. The maximum absolute atomic E-state index is 13.1. The van der Waals surface area contributed by atoms with E-state index >= 15 is 0 Å². The molecule has 2 aromatic carbocycles. The van der Waals surface area contributed by atoms with Crippen molar-refractivity contribution in [1.29, 1.82) is 0 Å². The van der Waals surface area contributed by atoms with E-state index in [9.17, 15) is 61.8 Å². The molecule has 23 nitrogen and oxygen atoms in total. The lowest BCUT2D eigenvalue weighted by atomic mass is 10.0. The molecule has 0 amide bonds. The van der Waals surface area contributed by atoms with Crippen LogP contribution in [0.3, 0.4) is 0 Å². The Morgan fingerprint density at radius 2 is 1.00 bits per heavy atom. The number of nitrogens with zero attached hydrogens (tertiary/aromatic N) is 4. The quantitative estimate of drug-likeness (QED) is 0.0599. The van der Waals surface area contributed by atoms with Crippen LogP contribution in [0.5, 0.6) is 17.2 Å². The summed E-state index contributed by atoms with van der Waals surface area (Å²) in [7, 11) is 10.3. The maximum atomic E-state index is 13.1. The zero-order chi connectivity index (χ0) is 64.0. The average Bonchev–Trinajstić information content (AvgIpc) is 3.66. The van der Waals surface area contributed by atoms with E-state index < -0.39 is 46.9 Å². The smallest absolute Gasteiger partial charge is 0.343 e. The number of carbonyl (C=O) groups excluding carboxylic acids is 5. The van der Waals surface area contributed by atoms with Crippen molar-refractivity contribution < 1.29 is 80.9 Å². The molecule has 4 aromatic heterocycles. The molecular weight excluding hydrogens is 1210 g/mol. The number of hydrogen-bond acceptors (Lipinski definition) is 18. The van der Waals surface area contributed by atoms with E-state index in [1.165, 1.54) is 133 Å². The summed E-state index contributed by atoms with van der Waals surface area (Å²) in [5, 5.41) is 18.3. The minimum atomic E-state index is -1.33. The number of aliphatic hydroxyl groups excluding tert-OH is 1. The third kappa shape index (κ3) is 18.5. The summed E-state index contributed by atoms with van der Waals surface area (Å²) < 4.78 is 65.9. The molecule has 27 heteroatoms. The van der Waals surface area contributed by atoms with Gasteiger partial charge in [0.25, 0.3) is 16.7 Å². The van der Waals surface area contributed by atoms with Crippen molar-refractivity contribution >= 4 is 63.2 Å². The van der Waals surface area contributed by atoms with Crippen LogP contribution in [0.25, 0.3) is 22.3 Å². The predicted octanol–water partition coefficient (Wildman–Crippen LogP) is 7.71. The number of ketones is 1. The molecule has 454 valence electrons. The Morgan fingerprint density at radius 3 is 1.45 bits per heavy atom. The Bertz CT molecular complexity index is 3760. The topological polar surface area (TPSA) is 295 Å². The molecule has 2 N–H and O–H groups in total. The number of benzene rings is 2. The fraction of sp³-hybridized carbons (Fsp3) is 0.276. The number of esters is 4. The van der Waals surface area contributed by atoms with Crippen LogP contribution in [0.4, 0.5) is 8.78 Å². The van der Waals surface area contributed by atoms with Crippen molar-refractivity contribution in [2.75, 3.05) is 47.8 Å². The summed E-state index contributed by atoms with van der Waals surface area (Å²) in [5.41, 5.74) is -0.179. The summed E-state index contributed by atoms with van der Waals surface area (Å²) in [6.45, 7) is 7.79. The van der Waals surface area contributed by atoms with Gasteiger partial charge in [-0.1, -0.05) is 41.9 Å². The third-order valence-corrected chi connectivity index (χ3v) is 12.4. The van der Waals surface area contributed by atoms with Gasteiger partial charge in [-0.15, -0.1) is 0 Å². The van der Waals surface area contributed by atoms with Crippen molar-refractivity contribution in [3.05, 3.63) is 188 Å².